The van der Waals surface area contributed by atoms with Crippen LogP contribution in [-0.2, 0) is 0 Å². The minimum atomic E-state index is 0.338. The summed E-state index contributed by atoms with van der Waals surface area (Å²) in [7, 11) is 0. The van der Waals surface area contributed by atoms with E-state index in [0.29, 0.717) is 6.04 Å². The van der Waals surface area contributed by atoms with E-state index in [2.05, 4.69) is 32.7 Å². The molecule has 1 heterocycles. The third kappa shape index (κ3) is 3.22. The second-order valence-electron chi connectivity index (χ2n) is 4.67. The molecule has 0 amide bonds. The fraction of sp³-hybridized carbons (Fsp3) is 0.600. The summed E-state index contributed by atoms with van der Waals surface area (Å²) in [6.07, 6.45) is 2.03. The van der Waals surface area contributed by atoms with Gasteiger partial charge in [0, 0.05) is 11.6 Å². The van der Waals surface area contributed by atoms with Crippen LogP contribution in [-0.4, -0.2) is 6.54 Å². The summed E-state index contributed by atoms with van der Waals surface area (Å²) in [6.45, 7) is 15.6. The quantitative estimate of drug-likeness (QED) is 0.747. The van der Waals surface area contributed by atoms with Crippen molar-refractivity contribution in [3.05, 3.63) is 34.8 Å². The summed E-state index contributed by atoms with van der Waals surface area (Å²) in [4.78, 5) is 0. The molecular weight excluding hydrogens is 210 g/mol. The van der Waals surface area contributed by atoms with Gasteiger partial charge in [-0.3, -0.25) is 0 Å². The van der Waals surface area contributed by atoms with E-state index < -0.39 is 0 Å². The molecule has 1 rings (SSSR count). The number of hydrogen-bond acceptors (Lipinski definition) is 2. The van der Waals surface area contributed by atoms with Crippen LogP contribution in [0.1, 0.15) is 55.4 Å². The van der Waals surface area contributed by atoms with E-state index in [4.69, 9.17) is 4.42 Å². The van der Waals surface area contributed by atoms with Crippen molar-refractivity contribution in [2.24, 2.45) is 0 Å². The zero-order chi connectivity index (χ0) is 13.0. The maximum Gasteiger partial charge on any atom is 0.106 e. The Labute approximate surface area is 105 Å². The lowest BCUT2D eigenvalue weighted by Crippen LogP contribution is -2.22. The third-order valence-corrected chi connectivity index (χ3v) is 3.41. The number of rotatable bonds is 6. The molecule has 0 saturated carbocycles. The monoisotopic (exact) mass is 235 g/mol. The van der Waals surface area contributed by atoms with Crippen LogP contribution in [0, 0.1) is 20.8 Å². The first-order valence-corrected chi connectivity index (χ1v) is 6.47. The lowest BCUT2D eigenvalue weighted by molar-refractivity contribution is 0.483. The molecule has 0 bridgehead atoms. The van der Waals surface area contributed by atoms with E-state index in [-0.39, 0.29) is 0 Å². The van der Waals surface area contributed by atoms with Crippen LogP contribution < -0.4 is 5.32 Å². The van der Waals surface area contributed by atoms with E-state index in [1.54, 1.807) is 0 Å². The van der Waals surface area contributed by atoms with Crippen LogP contribution in [0.4, 0.5) is 0 Å². The molecule has 17 heavy (non-hydrogen) atoms. The third-order valence-electron chi connectivity index (χ3n) is 3.41. The Kier molecular flexibility index (Phi) is 5.01. The maximum absolute atomic E-state index is 5.72. The van der Waals surface area contributed by atoms with Crippen molar-refractivity contribution in [3.8, 4) is 0 Å². The predicted octanol–water partition coefficient (Wildman–Crippen LogP) is 4.21. The van der Waals surface area contributed by atoms with Gasteiger partial charge in [0.15, 0.2) is 0 Å². The highest BCUT2D eigenvalue weighted by molar-refractivity contribution is 5.35. The first-order valence-electron chi connectivity index (χ1n) is 6.47. The fourth-order valence-corrected chi connectivity index (χ4v) is 2.28. The van der Waals surface area contributed by atoms with Crippen molar-refractivity contribution in [3.63, 3.8) is 0 Å². The predicted molar refractivity (Wildman–Crippen MR) is 73.4 cm³/mol. The molecule has 0 aliphatic heterocycles. The summed E-state index contributed by atoms with van der Waals surface area (Å²) >= 11 is 0. The van der Waals surface area contributed by atoms with Gasteiger partial charge >= 0.3 is 0 Å². The Morgan fingerprint density at radius 1 is 1.24 bits per heavy atom. The van der Waals surface area contributed by atoms with Gasteiger partial charge in [0.05, 0.1) is 0 Å². The molecule has 1 N–H and O–H groups in total. The molecule has 2 heteroatoms. The van der Waals surface area contributed by atoms with Crippen LogP contribution in [0.3, 0.4) is 0 Å². The Morgan fingerprint density at radius 2 is 1.88 bits per heavy atom. The van der Waals surface area contributed by atoms with E-state index in [1.165, 1.54) is 16.7 Å². The molecule has 0 aliphatic carbocycles. The fourth-order valence-electron chi connectivity index (χ4n) is 2.28. The average molecular weight is 235 g/mol. The molecule has 0 saturated heterocycles. The number of hydrogen-bond donors (Lipinski definition) is 1. The molecule has 2 nitrogen and oxygen atoms in total. The number of aryl methyl sites for hydroxylation is 2. The summed E-state index contributed by atoms with van der Waals surface area (Å²) in [5.41, 5.74) is 3.88. The van der Waals surface area contributed by atoms with Crippen LogP contribution in [0.5, 0.6) is 0 Å². The van der Waals surface area contributed by atoms with E-state index >= 15 is 0 Å². The standard InChI is InChI=1S/C15H25NO/c1-7-10(3)9-14(16-8-2)15-11(4)12(5)17-13(15)6/h14,16H,3,7-9H2,1-2,4-6H3. The van der Waals surface area contributed by atoms with Crippen molar-refractivity contribution in [1.82, 2.24) is 5.32 Å². The van der Waals surface area contributed by atoms with Gasteiger partial charge in [-0.15, -0.1) is 0 Å². The molecule has 1 aromatic rings. The van der Waals surface area contributed by atoms with Crippen molar-refractivity contribution < 1.29 is 4.42 Å². The van der Waals surface area contributed by atoms with E-state index in [1.807, 2.05) is 13.8 Å². The SMILES string of the molecule is C=C(CC)CC(NCC)c1c(C)oc(C)c1C. The van der Waals surface area contributed by atoms with Crippen molar-refractivity contribution in [2.45, 2.75) is 53.5 Å². The molecule has 1 atom stereocenters. The smallest absolute Gasteiger partial charge is 0.106 e. The highest BCUT2D eigenvalue weighted by Crippen LogP contribution is 2.31. The van der Waals surface area contributed by atoms with Crippen molar-refractivity contribution in [2.75, 3.05) is 6.54 Å². The largest absolute Gasteiger partial charge is 0.466 e. The number of nitrogens with one attached hydrogen (secondary N) is 1. The minimum Gasteiger partial charge on any atom is -0.466 e. The topological polar surface area (TPSA) is 25.2 Å². The molecule has 1 unspecified atom stereocenters. The van der Waals surface area contributed by atoms with Gasteiger partial charge in [-0.1, -0.05) is 26.0 Å². The Bertz CT molecular complexity index is 390. The molecule has 0 aromatic carbocycles. The normalized spacial score (nSPS) is 12.8. The van der Waals surface area contributed by atoms with Gasteiger partial charge in [-0.25, -0.2) is 0 Å². The van der Waals surface area contributed by atoms with Gasteiger partial charge in [0.2, 0.25) is 0 Å². The average Bonchev–Trinajstić information content (AvgIpc) is 2.52. The summed E-state index contributed by atoms with van der Waals surface area (Å²) < 4.78 is 5.72. The molecule has 1 aromatic heterocycles. The van der Waals surface area contributed by atoms with Crippen LogP contribution in [0.25, 0.3) is 0 Å². The molecule has 0 spiro atoms. The van der Waals surface area contributed by atoms with Gasteiger partial charge in [-0.2, -0.15) is 0 Å². The van der Waals surface area contributed by atoms with Crippen LogP contribution >= 0.6 is 0 Å². The Morgan fingerprint density at radius 3 is 2.29 bits per heavy atom. The maximum atomic E-state index is 5.72. The number of furan rings is 1. The zero-order valence-corrected chi connectivity index (χ0v) is 11.8. The molecule has 96 valence electrons. The van der Waals surface area contributed by atoms with Crippen molar-refractivity contribution >= 4 is 0 Å². The van der Waals surface area contributed by atoms with Crippen LogP contribution in [0.15, 0.2) is 16.6 Å². The van der Waals surface area contributed by atoms with Gasteiger partial charge in [-0.05, 0) is 45.7 Å². The zero-order valence-electron chi connectivity index (χ0n) is 11.8. The Balaban J connectivity index is 3.00. The van der Waals surface area contributed by atoms with Gasteiger partial charge < -0.3 is 9.73 Å². The summed E-state index contributed by atoms with van der Waals surface area (Å²) in [5.74, 6) is 2.07. The van der Waals surface area contributed by atoms with Crippen LogP contribution in [0.2, 0.25) is 0 Å². The lowest BCUT2D eigenvalue weighted by atomic mass is 9.95. The lowest BCUT2D eigenvalue weighted by Gasteiger charge is -2.19. The van der Waals surface area contributed by atoms with Crippen molar-refractivity contribution in [1.29, 1.82) is 0 Å². The molecular formula is C15H25NO. The van der Waals surface area contributed by atoms with E-state index in [0.717, 1.165) is 30.9 Å². The Hall–Kier alpha value is -1.02. The second-order valence-corrected chi connectivity index (χ2v) is 4.67. The first kappa shape index (κ1) is 14.0. The van der Waals surface area contributed by atoms with Gasteiger partial charge in [0.1, 0.15) is 11.5 Å². The first-order chi connectivity index (χ1) is 8.01. The second kappa shape index (κ2) is 6.06. The highest BCUT2D eigenvalue weighted by Gasteiger charge is 2.20. The van der Waals surface area contributed by atoms with Gasteiger partial charge in [0.25, 0.3) is 0 Å². The molecule has 0 radical (unpaired) electrons. The van der Waals surface area contributed by atoms with E-state index in [9.17, 15) is 0 Å². The highest BCUT2D eigenvalue weighted by atomic mass is 16.3. The molecule has 0 fully saturated rings. The minimum absolute atomic E-state index is 0.338. The molecule has 0 aliphatic rings. The summed E-state index contributed by atoms with van der Waals surface area (Å²) in [5, 5.41) is 3.54. The summed E-state index contributed by atoms with van der Waals surface area (Å²) in [6, 6.07) is 0.338.